The number of rotatable bonds is 4. The van der Waals surface area contributed by atoms with Gasteiger partial charge in [-0.2, -0.15) is 0 Å². The molecule has 1 unspecified atom stereocenters. The molecule has 0 aromatic heterocycles. The van der Waals surface area contributed by atoms with Gasteiger partial charge < -0.3 is 15.4 Å². The van der Waals surface area contributed by atoms with Gasteiger partial charge in [0.05, 0.1) is 11.1 Å². The zero-order chi connectivity index (χ0) is 21.4. The van der Waals surface area contributed by atoms with E-state index in [1.807, 2.05) is 0 Å². The molecule has 31 heavy (non-hydrogen) atoms. The topological polar surface area (TPSA) is 139 Å². The van der Waals surface area contributed by atoms with Crippen molar-refractivity contribution in [2.45, 2.75) is 37.8 Å². The first-order valence-electron chi connectivity index (χ1n) is 9.87. The zero-order valence-corrected chi connectivity index (χ0v) is 17.5. The maximum atomic E-state index is 13.0. The average molecular weight is 451 g/mol. The fraction of sp³-hybridized carbons (Fsp3) is 0.450. The number of fused-ring (bicyclic) bond motifs is 1. The highest BCUT2D eigenvalue weighted by Crippen LogP contribution is 2.33. The Labute approximate surface area is 184 Å². The van der Waals surface area contributed by atoms with Crippen molar-refractivity contribution in [2.75, 3.05) is 19.7 Å². The minimum atomic E-state index is -1.06. The maximum Gasteiger partial charge on any atom is 0.266 e. The van der Waals surface area contributed by atoms with Crippen LogP contribution in [0.1, 0.15) is 46.4 Å². The minimum absolute atomic E-state index is 0. The third kappa shape index (κ3) is 4.26. The second-order valence-corrected chi connectivity index (χ2v) is 7.66. The third-order valence-electron chi connectivity index (χ3n) is 5.59. The fourth-order valence-corrected chi connectivity index (χ4v) is 4.07. The molecule has 2 fully saturated rings. The van der Waals surface area contributed by atoms with Crippen LogP contribution in [0.25, 0.3) is 0 Å². The molecule has 2 saturated heterocycles. The number of ether oxygens (including phenoxy) is 1. The molecule has 3 N–H and O–H groups in total. The van der Waals surface area contributed by atoms with Crippen molar-refractivity contribution >= 4 is 41.9 Å². The number of nitrogens with two attached hydrogens (primary N) is 1. The highest BCUT2D eigenvalue weighted by molar-refractivity contribution is 6.24. The molecule has 0 aliphatic carbocycles. The van der Waals surface area contributed by atoms with Gasteiger partial charge in [-0.3, -0.25) is 34.2 Å². The van der Waals surface area contributed by atoms with E-state index >= 15 is 0 Å². The molecule has 3 aliphatic heterocycles. The van der Waals surface area contributed by atoms with Crippen LogP contribution in [0.3, 0.4) is 0 Å². The number of benzene rings is 1. The number of carbonyl (C=O) groups is 5. The minimum Gasteiger partial charge on any atom is -0.483 e. The molecule has 5 amide bonds. The lowest BCUT2D eigenvalue weighted by atomic mass is 10.0. The summed E-state index contributed by atoms with van der Waals surface area (Å²) in [5, 5.41) is 2.15. The van der Waals surface area contributed by atoms with Crippen LogP contribution in [0.4, 0.5) is 0 Å². The second kappa shape index (κ2) is 9.03. The van der Waals surface area contributed by atoms with E-state index in [1.165, 1.54) is 12.1 Å². The van der Waals surface area contributed by atoms with Gasteiger partial charge in [0.2, 0.25) is 11.8 Å². The molecule has 3 heterocycles. The number of carbonyl (C=O) groups excluding carboxylic acids is 5. The van der Waals surface area contributed by atoms with Crippen molar-refractivity contribution in [1.82, 2.24) is 15.1 Å². The quantitative estimate of drug-likeness (QED) is 0.607. The first kappa shape index (κ1) is 22.7. The van der Waals surface area contributed by atoms with Crippen LogP contribution in [0, 0.1) is 0 Å². The molecular formula is C20H23ClN4O6. The van der Waals surface area contributed by atoms with Crippen LogP contribution in [-0.4, -0.2) is 71.1 Å². The first-order valence-corrected chi connectivity index (χ1v) is 9.87. The van der Waals surface area contributed by atoms with Crippen molar-refractivity contribution in [3.63, 3.8) is 0 Å². The molecule has 11 heteroatoms. The summed E-state index contributed by atoms with van der Waals surface area (Å²) in [4.78, 5) is 64.3. The average Bonchev–Trinajstić information content (AvgIpc) is 2.97. The van der Waals surface area contributed by atoms with E-state index < -0.39 is 29.7 Å². The number of nitrogens with one attached hydrogen (secondary N) is 1. The normalized spacial score (nSPS) is 23.3. The summed E-state index contributed by atoms with van der Waals surface area (Å²) in [5.41, 5.74) is 6.04. The molecule has 0 radical (unpaired) electrons. The Morgan fingerprint density at radius 3 is 2.65 bits per heavy atom. The summed E-state index contributed by atoms with van der Waals surface area (Å²) in [6.07, 6.45) is 1.80. The van der Waals surface area contributed by atoms with E-state index in [4.69, 9.17) is 10.5 Å². The van der Waals surface area contributed by atoms with Crippen LogP contribution in [0.15, 0.2) is 18.2 Å². The summed E-state index contributed by atoms with van der Waals surface area (Å²) in [6.45, 7) is 0.766. The molecular weight excluding hydrogens is 428 g/mol. The SMILES string of the molecule is Cl.N[C@H]1CCCN(C(=O)COc2cccc3c2C(=O)N(C2CCC(=O)NC2=O)C3=O)C1. The maximum absolute atomic E-state index is 13.0. The molecule has 4 rings (SSSR count). The van der Waals surface area contributed by atoms with Crippen LogP contribution >= 0.6 is 12.4 Å². The Bertz CT molecular complexity index is 952. The monoisotopic (exact) mass is 450 g/mol. The molecule has 0 spiro atoms. The van der Waals surface area contributed by atoms with E-state index in [0.29, 0.717) is 13.1 Å². The van der Waals surface area contributed by atoms with Crippen LogP contribution in [0.2, 0.25) is 0 Å². The number of piperidine rings is 2. The Kier molecular flexibility index (Phi) is 6.61. The predicted octanol–water partition coefficient (Wildman–Crippen LogP) is -0.162. The standard InChI is InChI=1S/C20H22N4O6.ClH/c21-11-3-2-8-23(9-11)16(26)10-30-14-5-1-4-12-17(14)20(29)24(19(12)28)13-6-7-15(25)22-18(13)27;/h1,4-5,11,13H,2-3,6-10,21H2,(H,22,25,27);1H/t11-,13?;/m0./s1. The summed E-state index contributed by atoms with van der Waals surface area (Å²) in [6, 6.07) is 3.41. The van der Waals surface area contributed by atoms with Gasteiger partial charge in [0, 0.05) is 25.6 Å². The number of likely N-dealkylation sites (tertiary alicyclic amines) is 1. The van der Waals surface area contributed by atoms with Gasteiger partial charge in [0.25, 0.3) is 17.7 Å². The molecule has 0 bridgehead atoms. The number of nitrogens with zero attached hydrogens (tertiary/aromatic N) is 2. The highest BCUT2D eigenvalue weighted by atomic mass is 35.5. The van der Waals surface area contributed by atoms with E-state index in [-0.39, 0.29) is 60.7 Å². The molecule has 1 aromatic carbocycles. The van der Waals surface area contributed by atoms with Crippen LogP contribution in [0.5, 0.6) is 5.75 Å². The van der Waals surface area contributed by atoms with Crippen LogP contribution < -0.4 is 15.8 Å². The third-order valence-corrected chi connectivity index (χ3v) is 5.59. The van der Waals surface area contributed by atoms with E-state index in [1.54, 1.807) is 11.0 Å². The van der Waals surface area contributed by atoms with Gasteiger partial charge in [-0.25, -0.2) is 0 Å². The molecule has 1 aromatic rings. The van der Waals surface area contributed by atoms with Gasteiger partial charge in [-0.05, 0) is 31.4 Å². The Morgan fingerprint density at radius 1 is 1.16 bits per heavy atom. The number of hydrogen-bond donors (Lipinski definition) is 2. The lowest BCUT2D eigenvalue weighted by Crippen LogP contribution is -2.54. The van der Waals surface area contributed by atoms with Crippen molar-refractivity contribution in [1.29, 1.82) is 0 Å². The molecule has 2 atom stereocenters. The van der Waals surface area contributed by atoms with Crippen molar-refractivity contribution in [3.8, 4) is 5.75 Å². The van der Waals surface area contributed by atoms with E-state index in [2.05, 4.69) is 5.32 Å². The zero-order valence-electron chi connectivity index (χ0n) is 16.7. The van der Waals surface area contributed by atoms with Gasteiger partial charge in [0.1, 0.15) is 11.8 Å². The van der Waals surface area contributed by atoms with E-state index in [0.717, 1.165) is 17.7 Å². The first-order chi connectivity index (χ1) is 14.4. The summed E-state index contributed by atoms with van der Waals surface area (Å²) in [5.74, 6) is -2.56. The number of imide groups is 2. The second-order valence-electron chi connectivity index (χ2n) is 7.66. The molecule has 10 nitrogen and oxygen atoms in total. The van der Waals surface area contributed by atoms with Gasteiger partial charge >= 0.3 is 0 Å². The smallest absolute Gasteiger partial charge is 0.266 e. The molecule has 0 saturated carbocycles. The van der Waals surface area contributed by atoms with Crippen molar-refractivity contribution < 1.29 is 28.7 Å². The Morgan fingerprint density at radius 2 is 1.94 bits per heavy atom. The summed E-state index contributed by atoms with van der Waals surface area (Å²) < 4.78 is 5.61. The van der Waals surface area contributed by atoms with Gasteiger partial charge in [-0.1, -0.05) is 6.07 Å². The summed E-state index contributed by atoms with van der Waals surface area (Å²) >= 11 is 0. The molecule has 166 valence electrons. The highest BCUT2D eigenvalue weighted by Gasteiger charge is 2.46. The van der Waals surface area contributed by atoms with Gasteiger partial charge in [0.15, 0.2) is 6.61 Å². The van der Waals surface area contributed by atoms with Crippen molar-refractivity contribution in [3.05, 3.63) is 29.3 Å². The van der Waals surface area contributed by atoms with Crippen LogP contribution in [-0.2, 0) is 14.4 Å². The fourth-order valence-electron chi connectivity index (χ4n) is 4.07. The lowest BCUT2D eigenvalue weighted by molar-refractivity contribution is -0.136. The Hall–Kier alpha value is -2.98. The Balaban J connectivity index is 0.00000272. The van der Waals surface area contributed by atoms with Crippen molar-refractivity contribution in [2.24, 2.45) is 5.73 Å². The number of halogens is 1. The number of amides is 5. The summed E-state index contributed by atoms with van der Waals surface area (Å²) in [7, 11) is 0. The predicted molar refractivity (Wildman–Crippen MR) is 110 cm³/mol. The van der Waals surface area contributed by atoms with Gasteiger partial charge in [-0.15, -0.1) is 12.4 Å². The lowest BCUT2D eigenvalue weighted by Gasteiger charge is -2.30. The molecule has 3 aliphatic rings. The van der Waals surface area contributed by atoms with E-state index in [9.17, 15) is 24.0 Å². The number of hydrogen-bond acceptors (Lipinski definition) is 7. The largest absolute Gasteiger partial charge is 0.483 e.